The average molecular weight is 490 g/mol. The second-order valence-corrected chi connectivity index (χ2v) is 8.86. The van der Waals surface area contributed by atoms with Crippen LogP contribution in [0.3, 0.4) is 0 Å². The predicted octanol–water partition coefficient (Wildman–Crippen LogP) is 4.18. The summed E-state index contributed by atoms with van der Waals surface area (Å²) in [4.78, 5) is 3.61. The lowest BCUT2D eigenvalue weighted by Gasteiger charge is -2.21. The van der Waals surface area contributed by atoms with Crippen LogP contribution in [-0.2, 0) is 23.2 Å². The molecule has 0 fully saturated rings. The first-order valence-corrected chi connectivity index (χ1v) is 10.9. The summed E-state index contributed by atoms with van der Waals surface area (Å²) < 4.78 is 80.5. The van der Waals surface area contributed by atoms with E-state index in [2.05, 4.69) is 9.71 Å². The predicted molar refractivity (Wildman–Crippen MR) is 111 cm³/mol. The first-order chi connectivity index (χ1) is 15.0. The third kappa shape index (κ3) is 5.00. The molecule has 0 aliphatic heterocycles. The quantitative estimate of drug-likeness (QED) is 0.538. The van der Waals surface area contributed by atoms with Crippen molar-refractivity contribution in [1.82, 2.24) is 14.3 Å². The van der Waals surface area contributed by atoms with Crippen LogP contribution in [0.5, 0.6) is 11.5 Å². The van der Waals surface area contributed by atoms with E-state index >= 15 is 0 Å². The van der Waals surface area contributed by atoms with Gasteiger partial charge in [0, 0.05) is 25.5 Å². The van der Waals surface area contributed by atoms with Crippen molar-refractivity contribution in [3.05, 3.63) is 70.8 Å². The molecule has 1 atom stereocenters. The number of benzene rings is 2. The molecule has 0 amide bonds. The number of nitrogens with zero attached hydrogens (tertiary/aromatic N) is 2. The standard InChI is InChI=1S/C20H19ClF3N3O4S/c1-27-7-6-25-19(27)18(12-8-13(30-2)10-14(9-12)31-3)26-32(28,29)15-4-5-17(21)16(11-15)20(22,23)24/h4-11,18,26H,1-3H3/t18-/m0/s1. The number of sulfonamides is 1. The van der Waals surface area contributed by atoms with E-state index in [1.807, 2.05) is 0 Å². The van der Waals surface area contributed by atoms with Crippen LogP contribution in [0, 0.1) is 0 Å². The Labute approximate surface area is 187 Å². The van der Waals surface area contributed by atoms with Gasteiger partial charge in [-0.3, -0.25) is 0 Å². The largest absolute Gasteiger partial charge is 0.497 e. The summed E-state index contributed by atoms with van der Waals surface area (Å²) in [5, 5.41) is -0.602. The van der Waals surface area contributed by atoms with Crippen molar-refractivity contribution in [2.24, 2.45) is 7.05 Å². The highest BCUT2D eigenvalue weighted by atomic mass is 35.5. The van der Waals surface area contributed by atoms with Crippen molar-refractivity contribution in [3.63, 3.8) is 0 Å². The summed E-state index contributed by atoms with van der Waals surface area (Å²) in [6.45, 7) is 0. The average Bonchev–Trinajstić information content (AvgIpc) is 3.16. The zero-order valence-electron chi connectivity index (χ0n) is 17.1. The summed E-state index contributed by atoms with van der Waals surface area (Å²) in [5.41, 5.74) is -0.845. The number of methoxy groups -OCH3 is 2. The molecule has 0 spiro atoms. The van der Waals surface area contributed by atoms with Crippen LogP contribution in [0.4, 0.5) is 13.2 Å². The summed E-state index contributed by atoms with van der Waals surface area (Å²) in [7, 11) is 0.0959. The van der Waals surface area contributed by atoms with Gasteiger partial charge in [-0.2, -0.15) is 17.9 Å². The number of rotatable bonds is 7. The monoisotopic (exact) mass is 489 g/mol. The van der Waals surface area contributed by atoms with Crippen LogP contribution >= 0.6 is 11.6 Å². The van der Waals surface area contributed by atoms with Gasteiger partial charge in [0.1, 0.15) is 23.4 Å². The molecule has 7 nitrogen and oxygen atoms in total. The van der Waals surface area contributed by atoms with Crippen molar-refractivity contribution in [3.8, 4) is 11.5 Å². The third-order valence-corrected chi connectivity index (χ3v) is 6.40. The molecular formula is C20H19ClF3N3O4S. The molecule has 3 aromatic rings. The molecule has 0 bridgehead atoms. The molecule has 1 aromatic heterocycles. The van der Waals surface area contributed by atoms with E-state index in [-0.39, 0.29) is 0 Å². The first kappa shape index (κ1) is 23.9. The number of ether oxygens (including phenoxy) is 2. The Bertz CT molecular complexity index is 1210. The molecule has 0 unspecified atom stereocenters. The summed E-state index contributed by atoms with van der Waals surface area (Å²) in [6, 6.07) is 6.08. The van der Waals surface area contributed by atoms with Crippen LogP contribution < -0.4 is 14.2 Å². The number of imidazole rings is 1. The van der Waals surface area contributed by atoms with E-state index in [4.69, 9.17) is 21.1 Å². The molecule has 12 heteroatoms. The Balaban J connectivity index is 2.12. The molecule has 0 aliphatic rings. The molecule has 2 aromatic carbocycles. The maximum absolute atomic E-state index is 13.2. The van der Waals surface area contributed by atoms with Gasteiger partial charge in [0.15, 0.2) is 0 Å². The van der Waals surface area contributed by atoms with Crippen molar-refractivity contribution >= 4 is 21.6 Å². The van der Waals surface area contributed by atoms with Gasteiger partial charge in [-0.05, 0) is 35.9 Å². The van der Waals surface area contributed by atoms with Gasteiger partial charge in [-0.25, -0.2) is 13.4 Å². The fourth-order valence-corrected chi connectivity index (χ4v) is 4.47. The minimum absolute atomic E-state index is 0.300. The van der Waals surface area contributed by atoms with Crippen molar-refractivity contribution in [1.29, 1.82) is 0 Å². The second-order valence-electron chi connectivity index (χ2n) is 6.74. The van der Waals surface area contributed by atoms with Gasteiger partial charge in [0.2, 0.25) is 10.0 Å². The first-order valence-electron chi connectivity index (χ1n) is 9.05. The van der Waals surface area contributed by atoms with Crippen LogP contribution in [0.25, 0.3) is 0 Å². The number of halogens is 4. The summed E-state index contributed by atoms with van der Waals surface area (Å²) >= 11 is 5.62. The molecule has 1 N–H and O–H groups in total. The smallest absolute Gasteiger partial charge is 0.417 e. The van der Waals surface area contributed by atoms with Gasteiger partial charge >= 0.3 is 6.18 Å². The Hall–Kier alpha value is -2.76. The van der Waals surface area contributed by atoms with Crippen molar-refractivity contribution in [2.45, 2.75) is 17.1 Å². The highest BCUT2D eigenvalue weighted by molar-refractivity contribution is 7.89. The van der Waals surface area contributed by atoms with Crippen molar-refractivity contribution in [2.75, 3.05) is 14.2 Å². The second kappa shape index (κ2) is 9.00. The molecule has 172 valence electrons. The number of alkyl halides is 3. The Morgan fingerprint density at radius 3 is 2.22 bits per heavy atom. The summed E-state index contributed by atoms with van der Waals surface area (Å²) in [5.74, 6) is 1.08. The highest BCUT2D eigenvalue weighted by Gasteiger charge is 2.35. The van der Waals surface area contributed by atoms with Crippen LogP contribution in [0.1, 0.15) is 23.0 Å². The van der Waals surface area contributed by atoms with E-state index in [0.29, 0.717) is 29.0 Å². The molecule has 0 radical (unpaired) electrons. The van der Waals surface area contributed by atoms with E-state index in [1.54, 1.807) is 36.0 Å². The maximum atomic E-state index is 13.2. The Morgan fingerprint density at radius 2 is 1.72 bits per heavy atom. The van der Waals surface area contributed by atoms with Gasteiger partial charge in [0.05, 0.1) is 29.7 Å². The van der Waals surface area contributed by atoms with E-state index in [1.165, 1.54) is 20.4 Å². The normalized spacial score (nSPS) is 13.1. The fraction of sp³-hybridized carbons (Fsp3) is 0.250. The number of nitrogens with one attached hydrogen (secondary N) is 1. The lowest BCUT2D eigenvalue weighted by molar-refractivity contribution is -0.137. The van der Waals surface area contributed by atoms with Gasteiger partial charge in [0.25, 0.3) is 0 Å². The van der Waals surface area contributed by atoms with Crippen LogP contribution in [-0.4, -0.2) is 32.2 Å². The Kier molecular flexibility index (Phi) is 6.72. The number of aromatic nitrogens is 2. The molecule has 0 saturated heterocycles. The summed E-state index contributed by atoms with van der Waals surface area (Å²) in [6.07, 6.45) is -1.74. The van der Waals surface area contributed by atoms with Crippen LogP contribution in [0.2, 0.25) is 5.02 Å². The fourth-order valence-electron chi connectivity index (χ4n) is 3.03. The maximum Gasteiger partial charge on any atom is 0.417 e. The highest BCUT2D eigenvalue weighted by Crippen LogP contribution is 2.36. The number of aryl methyl sites for hydroxylation is 1. The molecule has 0 saturated carbocycles. The van der Waals surface area contributed by atoms with Crippen LogP contribution in [0.15, 0.2) is 53.7 Å². The molecule has 32 heavy (non-hydrogen) atoms. The lowest BCUT2D eigenvalue weighted by Crippen LogP contribution is -2.31. The minimum Gasteiger partial charge on any atom is -0.497 e. The number of hydrogen-bond donors (Lipinski definition) is 1. The zero-order chi connectivity index (χ0) is 23.7. The lowest BCUT2D eigenvalue weighted by atomic mass is 10.1. The molecule has 3 rings (SSSR count). The van der Waals surface area contributed by atoms with E-state index in [9.17, 15) is 21.6 Å². The number of hydrogen-bond acceptors (Lipinski definition) is 5. The van der Waals surface area contributed by atoms with Gasteiger partial charge in [-0.1, -0.05) is 11.6 Å². The Morgan fingerprint density at radius 1 is 1.09 bits per heavy atom. The SMILES string of the molecule is COc1cc(OC)cc([C@H](NS(=O)(=O)c2ccc(Cl)c(C(F)(F)F)c2)c2nccn2C)c1. The molecular weight excluding hydrogens is 471 g/mol. The van der Waals surface area contributed by atoms with E-state index in [0.717, 1.165) is 12.1 Å². The molecule has 0 aliphatic carbocycles. The molecule has 1 heterocycles. The zero-order valence-corrected chi connectivity index (χ0v) is 18.7. The minimum atomic E-state index is -4.82. The van der Waals surface area contributed by atoms with Gasteiger partial charge < -0.3 is 14.0 Å². The van der Waals surface area contributed by atoms with Gasteiger partial charge in [-0.15, -0.1) is 0 Å². The van der Waals surface area contributed by atoms with Crippen molar-refractivity contribution < 1.29 is 31.1 Å². The van der Waals surface area contributed by atoms with E-state index < -0.39 is 37.7 Å². The topological polar surface area (TPSA) is 82.4 Å². The third-order valence-electron chi connectivity index (χ3n) is 4.65.